The van der Waals surface area contributed by atoms with Gasteiger partial charge < -0.3 is 24.4 Å². The van der Waals surface area contributed by atoms with Crippen LogP contribution in [0.15, 0.2) is 72.3 Å². The molecule has 0 radical (unpaired) electrons. The SMILES string of the molecule is COc1ccc(CCN2C(=O)C(=O)/C(=C(/O)c3cc(F)ccc3OC)C2c2ccc(N(C)C)cc2)cc1. The zero-order valence-corrected chi connectivity index (χ0v) is 21.2. The van der Waals surface area contributed by atoms with Crippen LogP contribution in [0.4, 0.5) is 10.1 Å². The van der Waals surface area contributed by atoms with Crippen LogP contribution >= 0.6 is 0 Å². The summed E-state index contributed by atoms with van der Waals surface area (Å²) in [5.74, 6) is -1.75. The molecule has 0 aliphatic carbocycles. The minimum Gasteiger partial charge on any atom is -0.507 e. The number of aliphatic hydroxyl groups excluding tert-OH is 1. The van der Waals surface area contributed by atoms with E-state index >= 15 is 0 Å². The van der Waals surface area contributed by atoms with Gasteiger partial charge in [0.25, 0.3) is 11.7 Å². The first-order valence-corrected chi connectivity index (χ1v) is 11.8. The number of hydrogen-bond acceptors (Lipinski definition) is 6. The summed E-state index contributed by atoms with van der Waals surface area (Å²) in [4.78, 5) is 29.9. The fraction of sp³-hybridized carbons (Fsp3) is 0.241. The van der Waals surface area contributed by atoms with Crippen molar-refractivity contribution in [3.63, 3.8) is 0 Å². The highest BCUT2D eigenvalue weighted by Gasteiger charge is 2.46. The zero-order valence-electron chi connectivity index (χ0n) is 21.2. The van der Waals surface area contributed by atoms with E-state index in [-0.39, 0.29) is 23.4 Å². The minimum absolute atomic E-state index is 0.00515. The van der Waals surface area contributed by atoms with E-state index < -0.39 is 29.3 Å². The first-order valence-electron chi connectivity index (χ1n) is 11.8. The molecule has 1 aliphatic rings. The van der Waals surface area contributed by atoms with Crippen LogP contribution in [0.3, 0.4) is 0 Å². The Balaban J connectivity index is 1.80. The van der Waals surface area contributed by atoms with Crippen LogP contribution in [0.25, 0.3) is 5.76 Å². The van der Waals surface area contributed by atoms with Crippen molar-refractivity contribution < 1.29 is 28.6 Å². The number of anilines is 1. The molecule has 1 heterocycles. The first kappa shape index (κ1) is 25.8. The molecule has 3 aromatic rings. The third kappa shape index (κ3) is 5.14. The van der Waals surface area contributed by atoms with E-state index in [1.54, 1.807) is 7.11 Å². The maximum Gasteiger partial charge on any atom is 0.295 e. The van der Waals surface area contributed by atoms with E-state index in [1.807, 2.05) is 67.5 Å². The van der Waals surface area contributed by atoms with Crippen LogP contribution in [0.5, 0.6) is 11.5 Å². The molecule has 3 aromatic carbocycles. The van der Waals surface area contributed by atoms with E-state index in [4.69, 9.17) is 9.47 Å². The van der Waals surface area contributed by atoms with E-state index in [9.17, 15) is 19.1 Å². The summed E-state index contributed by atoms with van der Waals surface area (Å²) in [5.41, 5.74) is 2.44. The Morgan fingerprint density at radius 1 is 0.973 bits per heavy atom. The molecule has 0 saturated carbocycles. The molecule has 0 bridgehead atoms. The first-order chi connectivity index (χ1) is 17.7. The Kier molecular flexibility index (Phi) is 7.47. The number of Topliss-reactive ketones (excluding diaryl/α,β-unsaturated/α-hetero) is 1. The van der Waals surface area contributed by atoms with Crippen LogP contribution < -0.4 is 14.4 Å². The van der Waals surface area contributed by atoms with Crippen molar-refractivity contribution in [1.29, 1.82) is 0 Å². The zero-order chi connectivity index (χ0) is 26.7. The second-order valence-electron chi connectivity index (χ2n) is 8.92. The summed E-state index contributed by atoms with van der Waals surface area (Å²) in [6.07, 6.45) is 0.479. The largest absolute Gasteiger partial charge is 0.507 e. The number of methoxy groups -OCH3 is 2. The average molecular weight is 505 g/mol. The number of halogens is 1. The third-order valence-electron chi connectivity index (χ3n) is 6.48. The number of rotatable bonds is 8. The van der Waals surface area contributed by atoms with Crippen molar-refractivity contribution in [2.45, 2.75) is 12.5 Å². The predicted octanol–water partition coefficient (Wildman–Crippen LogP) is 4.57. The fourth-order valence-electron chi connectivity index (χ4n) is 4.46. The van der Waals surface area contributed by atoms with Gasteiger partial charge in [-0.15, -0.1) is 0 Å². The number of nitrogens with zero attached hydrogens (tertiary/aromatic N) is 2. The Morgan fingerprint density at radius 2 is 1.65 bits per heavy atom. The second-order valence-corrected chi connectivity index (χ2v) is 8.92. The molecule has 8 heteroatoms. The highest BCUT2D eigenvalue weighted by molar-refractivity contribution is 6.46. The molecule has 1 N–H and O–H groups in total. The molecule has 192 valence electrons. The van der Waals surface area contributed by atoms with Crippen molar-refractivity contribution in [2.75, 3.05) is 39.8 Å². The van der Waals surface area contributed by atoms with Crippen LogP contribution in [-0.4, -0.2) is 56.6 Å². The van der Waals surface area contributed by atoms with Gasteiger partial charge in [-0.25, -0.2) is 4.39 Å². The van der Waals surface area contributed by atoms with Gasteiger partial charge in [-0.2, -0.15) is 0 Å². The van der Waals surface area contributed by atoms with Crippen molar-refractivity contribution in [1.82, 2.24) is 4.90 Å². The Bertz CT molecular complexity index is 1330. The van der Waals surface area contributed by atoms with E-state index in [0.717, 1.165) is 17.3 Å². The van der Waals surface area contributed by atoms with E-state index in [0.29, 0.717) is 17.7 Å². The number of aliphatic hydroxyl groups is 1. The molecule has 1 atom stereocenters. The number of carbonyl (C=O) groups excluding carboxylic acids is 2. The second kappa shape index (κ2) is 10.7. The summed E-state index contributed by atoms with van der Waals surface area (Å²) in [5, 5.41) is 11.3. The molecule has 4 rings (SSSR count). The summed E-state index contributed by atoms with van der Waals surface area (Å²) < 4.78 is 24.6. The molecular formula is C29H29FN2O5. The van der Waals surface area contributed by atoms with E-state index in [2.05, 4.69) is 0 Å². The van der Waals surface area contributed by atoms with Gasteiger partial charge in [-0.3, -0.25) is 9.59 Å². The summed E-state index contributed by atoms with van der Waals surface area (Å²) in [7, 11) is 6.79. The van der Waals surface area contributed by atoms with Crippen molar-refractivity contribution in [3.8, 4) is 11.5 Å². The number of ether oxygens (including phenoxy) is 2. The smallest absolute Gasteiger partial charge is 0.295 e. The number of ketones is 1. The quantitative estimate of drug-likeness (QED) is 0.275. The summed E-state index contributed by atoms with van der Waals surface area (Å²) >= 11 is 0. The molecule has 0 aromatic heterocycles. The van der Waals surface area contributed by atoms with Crippen molar-refractivity contribution in [3.05, 3.63) is 94.8 Å². The Morgan fingerprint density at radius 3 is 2.24 bits per heavy atom. The molecule has 7 nitrogen and oxygen atoms in total. The van der Waals surface area contributed by atoms with Gasteiger partial charge in [0.15, 0.2) is 0 Å². The van der Waals surface area contributed by atoms with Crippen LogP contribution in [0, 0.1) is 5.82 Å². The molecule has 1 amide bonds. The van der Waals surface area contributed by atoms with Gasteiger partial charge in [0.05, 0.1) is 31.4 Å². The van der Waals surface area contributed by atoms with Gasteiger partial charge in [-0.1, -0.05) is 24.3 Å². The number of amides is 1. The van der Waals surface area contributed by atoms with Crippen LogP contribution in [0.2, 0.25) is 0 Å². The Hall–Kier alpha value is -4.33. The molecule has 37 heavy (non-hydrogen) atoms. The lowest BCUT2D eigenvalue weighted by atomic mass is 9.94. The topological polar surface area (TPSA) is 79.3 Å². The molecule has 1 aliphatic heterocycles. The average Bonchev–Trinajstić information content (AvgIpc) is 3.16. The minimum atomic E-state index is -0.859. The number of carbonyl (C=O) groups is 2. The summed E-state index contributed by atoms with van der Waals surface area (Å²) in [6, 6.07) is 17.6. The molecule has 0 spiro atoms. The maximum atomic E-state index is 14.1. The number of likely N-dealkylation sites (tertiary alicyclic amines) is 1. The maximum absolute atomic E-state index is 14.1. The van der Waals surface area contributed by atoms with Gasteiger partial charge in [0.1, 0.15) is 23.1 Å². The van der Waals surface area contributed by atoms with Crippen LogP contribution in [0.1, 0.15) is 22.7 Å². The van der Waals surface area contributed by atoms with Gasteiger partial charge >= 0.3 is 0 Å². The lowest BCUT2D eigenvalue weighted by Crippen LogP contribution is -2.31. The monoisotopic (exact) mass is 504 g/mol. The van der Waals surface area contributed by atoms with Crippen molar-refractivity contribution in [2.24, 2.45) is 0 Å². The normalized spacial score (nSPS) is 16.7. The highest BCUT2D eigenvalue weighted by atomic mass is 19.1. The van der Waals surface area contributed by atoms with Gasteiger partial charge in [0, 0.05) is 26.3 Å². The number of hydrogen-bond donors (Lipinski definition) is 1. The highest BCUT2D eigenvalue weighted by Crippen LogP contribution is 2.41. The molecule has 1 unspecified atom stereocenters. The standard InChI is InChI=1S/C29H29FN2O5/c1-31(2)21-10-7-19(8-11-21)26-25(27(33)23-17-20(30)9-14-24(23)37-4)28(34)29(35)32(26)16-15-18-5-12-22(36-3)13-6-18/h5-14,17,26,33H,15-16H2,1-4H3/b27-25+. The van der Waals surface area contributed by atoms with Crippen LogP contribution in [-0.2, 0) is 16.0 Å². The number of benzene rings is 3. The predicted molar refractivity (Wildman–Crippen MR) is 139 cm³/mol. The van der Waals surface area contributed by atoms with E-state index in [1.165, 1.54) is 24.1 Å². The third-order valence-corrected chi connectivity index (χ3v) is 6.48. The lowest BCUT2D eigenvalue weighted by molar-refractivity contribution is -0.139. The van der Waals surface area contributed by atoms with Crippen molar-refractivity contribution >= 4 is 23.1 Å². The lowest BCUT2D eigenvalue weighted by Gasteiger charge is -2.26. The summed E-state index contributed by atoms with van der Waals surface area (Å²) in [6.45, 7) is 0.230. The van der Waals surface area contributed by atoms with Gasteiger partial charge in [-0.05, 0) is 60.0 Å². The fourth-order valence-corrected chi connectivity index (χ4v) is 4.46. The molecule has 1 fully saturated rings. The van der Waals surface area contributed by atoms with Gasteiger partial charge in [0.2, 0.25) is 0 Å². The molecule has 1 saturated heterocycles. The molecular weight excluding hydrogens is 475 g/mol. The Labute approximate surface area is 215 Å².